The molecule has 0 aliphatic carbocycles. The Morgan fingerprint density at radius 2 is 1.52 bits per heavy atom. The van der Waals surface area contributed by atoms with E-state index in [1.54, 1.807) is 49.9 Å². The largest absolute Gasteiger partial charge is 0.444 e. The van der Waals surface area contributed by atoms with E-state index in [4.69, 9.17) is 14.5 Å². The number of morpholine rings is 1. The van der Waals surface area contributed by atoms with Crippen LogP contribution in [0.25, 0.3) is 17.0 Å². The summed E-state index contributed by atoms with van der Waals surface area (Å²) in [5.41, 5.74) is 0.230. The van der Waals surface area contributed by atoms with Crippen molar-refractivity contribution in [2.24, 2.45) is 0 Å². The first kappa shape index (κ1) is 29.9. The molecule has 1 unspecified atom stereocenters. The minimum absolute atomic E-state index is 0.0537. The van der Waals surface area contributed by atoms with Crippen LogP contribution >= 0.6 is 0 Å². The fourth-order valence-electron chi connectivity index (χ4n) is 5.79. The van der Waals surface area contributed by atoms with Crippen LogP contribution in [0.2, 0.25) is 0 Å². The number of anilines is 2. The first-order valence-electron chi connectivity index (χ1n) is 15.0. The summed E-state index contributed by atoms with van der Waals surface area (Å²) < 4.78 is 40.7. The Morgan fingerprint density at radius 3 is 2.18 bits per heavy atom. The number of piperazine rings is 1. The van der Waals surface area contributed by atoms with Gasteiger partial charge in [0.25, 0.3) is 6.43 Å². The van der Waals surface area contributed by atoms with E-state index in [9.17, 15) is 18.4 Å². The van der Waals surface area contributed by atoms with Crippen LogP contribution < -0.4 is 9.80 Å². The molecule has 0 radical (unpaired) electrons. The molecule has 0 spiro atoms. The van der Waals surface area contributed by atoms with Crippen molar-refractivity contribution in [1.29, 1.82) is 0 Å². The van der Waals surface area contributed by atoms with Crippen LogP contribution in [-0.4, -0.2) is 117 Å². The van der Waals surface area contributed by atoms with E-state index in [1.165, 1.54) is 9.47 Å². The highest BCUT2D eigenvalue weighted by molar-refractivity contribution is 5.86. The van der Waals surface area contributed by atoms with E-state index >= 15 is 0 Å². The molecule has 0 N–H and O–H groups in total. The number of hydrogen-bond donors (Lipinski definition) is 0. The lowest BCUT2D eigenvalue weighted by atomic mass is 10.1. The Labute approximate surface area is 253 Å². The molecule has 13 nitrogen and oxygen atoms in total. The van der Waals surface area contributed by atoms with Crippen molar-refractivity contribution < 1.29 is 27.8 Å². The van der Waals surface area contributed by atoms with E-state index in [1.807, 2.05) is 9.80 Å². The van der Waals surface area contributed by atoms with Gasteiger partial charge < -0.3 is 24.2 Å². The van der Waals surface area contributed by atoms with E-state index in [2.05, 4.69) is 15.0 Å². The highest BCUT2D eigenvalue weighted by atomic mass is 19.3. The van der Waals surface area contributed by atoms with E-state index < -0.39 is 30.0 Å². The number of rotatable bonds is 5. The van der Waals surface area contributed by atoms with Crippen molar-refractivity contribution >= 4 is 34.9 Å². The number of imidazole rings is 1. The summed E-state index contributed by atoms with van der Waals surface area (Å²) in [4.78, 5) is 51.7. The average Bonchev–Trinajstić information content (AvgIpc) is 3.66. The van der Waals surface area contributed by atoms with Crippen molar-refractivity contribution in [3.05, 3.63) is 30.1 Å². The molecule has 0 bridgehead atoms. The van der Waals surface area contributed by atoms with Gasteiger partial charge in [-0.2, -0.15) is 15.0 Å². The number of benzene rings is 1. The molecule has 2 aromatic heterocycles. The van der Waals surface area contributed by atoms with Gasteiger partial charge in [-0.05, 0) is 45.7 Å². The summed E-state index contributed by atoms with van der Waals surface area (Å²) in [6, 6.07) is 6.32. The maximum atomic E-state index is 14.2. The summed E-state index contributed by atoms with van der Waals surface area (Å²) in [7, 11) is 0. The molecule has 236 valence electrons. The predicted molar refractivity (Wildman–Crippen MR) is 157 cm³/mol. The van der Waals surface area contributed by atoms with Crippen LogP contribution in [0.3, 0.4) is 0 Å². The molecule has 6 rings (SSSR count). The molecule has 5 heterocycles. The standard InChI is InChI=1S/C29H37F2N9O4/c1-29(2,3)44-28(42)39-10-6-9-21(39)24(41)36-11-13-37(14-12-36)25-33-26(38-15-17-43-18-16-38)35-27(34-25)40-20-8-5-4-7-19(20)32-23(40)22(30)31/h4-5,7-8,21-22H,6,9-18H2,1-3H3. The SMILES string of the molecule is CC(C)(C)OC(=O)N1CCCC1C(=O)N1CCN(c2nc(N3CCOCC3)nc(-n3c(C(F)F)nc4ccccc43)n2)CC1. The lowest BCUT2D eigenvalue weighted by molar-refractivity contribution is -0.136. The number of carbonyl (C=O) groups is 2. The quantitative estimate of drug-likeness (QED) is 0.425. The predicted octanol–water partition coefficient (Wildman–Crippen LogP) is 3.03. The average molecular weight is 614 g/mol. The number of likely N-dealkylation sites (tertiary alicyclic amines) is 1. The minimum atomic E-state index is -2.85. The van der Waals surface area contributed by atoms with Gasteiger partial charge in [-0.25, -0.2) is 18.6 Å². The third-order valence-electron chi connectivity index (χ3n) is 7.92. The van der Waals surface area contributed by atoms with Gasteiger partial charge in [0.2, 0.25) is 23.8 Å². The third kappa shape index (κ3) is 6.10. The van der Waals surface area contributed by atoms with Crippen molar-refractivity contribution in [3.8, 4) is 5.95 Å². The van der Waals surface area contributed by atoms with Gasteiger partial charge in [0.05, 0.1) is 24.2 Å². The topological polar surface area (TPSA) is 122 Å². The Hall–Kier alpha value is -4.14. The molecule has 3 saturated heterocycles. The second-order valence-electron chi connectivity index (χ2n) is 12.1. The number of nitrogens with zero attached hydrogens (tertiary/aromatic N) is 9. The van der Waals surface area contributed by atoms with Crippen LogP contribution in [0.15, 0.2) is 24.3 Å². The van der Waals surface area contributed by atoms with E-state index in [0.717, 1.165) is 6.42 Å². The van der Waals surface area contributed by atoms with Crippen LogP contribution in [-0.2, 0) is 14.3 Å². The summed E-state index contributed by atoms with van der Waals surface area (Å²) in [6.07, 6.45) is -2.00. The zero-order valence-electron chi connectivity index (χ0n) is 25.2. The Morgan fingerprint density at radius 1 is 0.886 bits per heavy atom. The van der Waals surface area contributed by atoms with Gasteiger partial charge in [-0.1, -0.05) is 12.1 Å². The highest BCUT2D eigenvalue weighted by Crippen LogP contribution is 2.29. The molecular formula is C29H37F2N9O4. The molecule has 3 aromatic rings. The molecule has 15 heteroatoms. The van der Waals surface area contributed by atoms with Crippen molar-refractivity contribution in [2.75, 3.05) is 68.8 Å². The number of amides is 2. The van der Waals surface area contributed by atoms with Crippen molar-refractivity contribution in [3.63, 3.8) is 0 Å². The second-order valence-corrected chi connectivity index (χ2v) is 12.1. The van der Waals surface area contributed by atoms with E-state index in [0.29, 0.717) is 88.4 Å². The minimum Gasteiger partial charge on any atom is -0.444 e. The maximum Gasteiger partial charge on any atom is 0.410 e. The van der Waals surface area contributed by atoms with Crippen molar-refractivity contribution in [2.45, 2.75) is 51.7 Å². The summed E-state index contributed by atoms with van der Waals surface area (Å²) in [6.45, 7) is 9.60. The van der Waals surface area contributed by atoms with Crippen molar-refractivity contribution in [1.82, 2.24) is 34.3 Å². The fourth-order valence-corrected chi connectivity index (χ4v) is 5.79. The lowest BCUT2D eigenvalue weighted by Gasteiger charge is -2.37. The van der Waals surface area contributed by atoms with Crippen LogP contribution in [0.4, 0.5) is 25.5 Å². The highest BCUT2D eigenvalue weighted by Gasteiger charge is 2.39. The zero-order chi connectivity index (χ0) is 31.0. The molecule has 44 heavy (non-hydrogen) atoms. The Bertz CT molecular complexity index is 1510. The normalized spacial score (nSPS) is 19.7. The van der Waals surface area contributed by atoms with Crippen LogP contribution in [0.1, 0.15) is 45.9 Å². The van der Waals surface area contributed by atoms with E-state index in [-0.39, 0.29) is 11.9 Å². The van der Waals surface area contributed by atoms with Crippen LogP contribution in [0, 0.1) is 0 Å². The number of aromatic nitrogens is 5. The monoisotopic (exact) mass is 613 g/mol. The number of ether oxygens (including phenoxy) is 2. The van der Waals surface area contributed by atoms with Gasteiger partial charge in [0.15, 0.2) is 5.82 Å². The fraction of sp³-hybridized carbons (Fsp3) is 0.586. The zero-order valence-corrected chi connectivity index (χ0v) is 25.2. The third-order valence-corrected chi connectivity index (χ3v) is 7.92. The molecule has 3 aliphatic rings. The number of alkyl halides is 2. The summed E-state index contributed by atoms with van der Waals surface area (Å²) >= 11 is 0. The number of carbonyl (C=O) groups excluding carboxylic acids is 2. The Kier molecular flexibility index (Phi) is 8.22. The molecule has 1 aromatic carbocycles. The van der Waals surface area contributed by atoms with Gasteiger partial charge in [-0.3, -0.25) is 14.3 Å². The van der Waals surface area contributed by atoms with Gasteiger partial charge in [0.1, 0.15) is 11.6 Å². The summed E-state index contributed by atoms with van der Waals surface area (Å²) in [5, 5.41) is 0. The van der Waals surface area contributed by atoms with Gasteiger partial charge >= 0.3 is 6.09 Å². The maximum absolute atomic E-state index is 14.2. The molecule has 3 aliphatic heterocycles. The van der Waals surface area contributed by atoms with Gasteiger partial charge in [0, 0.05) is 45.8 Å². The first-order valence-corrected chi connectivity index (χ1v) is 15.0. The number of halogens is 2. The molecular weight excluding hydrogens is 576 g/mol. The molecule has 2 amide bonds. The molecule has 3 fully saturated rings. The molecule has 1 atom stereocenters. The number of hydrogen-bond acceptors (Lipinski definition) is 10. The summed E-state index contributed by atoms with van der Waals surface area (Å²) in [5.74, 6) is 0.196. The second kappa shape index (κ2) is 12.1. The van der Waals surface area contributed by atoms with Gasteiger partial charge in [-0.15, -0.1) is 0 Å². The van der Waals surface area contributed by atoms with Crippen LogP contribution in [0.5, 0.6) is 0 Å². The number of fused-ring (bicyclic) bond motifs is 1. The lowest BCUT2D eigenvalue weighted by Crippen LogP contribution is -2.55. The first-order chi connectivity index (χ1) is 21.1. The Balaban J connectivity index is 1.25. The smallest absolute Gasteiger partial charge is 0.410 e. The molecule has 0 saturated carbocycles. The number of para-hydroxylation sites is 2.